The molecule has 0 unspecified atom stereocenters. The number of nitro groups is 1. The molecule has 0 aliphatic rings. The summed E-state index contributed by atoms with van der Waals surface area (Å²) in [6.07, 6.45) is 0. The Balaban J connectivity index is 1.82. The number of benzene rings is 2. The molecular weight excluding hydrogens is 391 g/mol. The van der Waals surface area contributed by atoms with Gasteiger partial charge in [0.1, 0.15) is 10.8 Å². The Labute approximate surface area is 162 Å². The van der Waals surface area contributed by atoms with Crippen LogP contribution < -0.4 is 10.9 Å². The molecular formula is C18H12ClFN4O4. The van der Waals surface area contributed by atoms with E-state index in [2.05, 4.69) is 15.8 Å². The van der Waals surface area contributed by atoms with Gasteiger partial charge in [0.25, 0.3) is 17.5 Å². The molecule has 0 aliphatic carbocycles. The van der Waals surface area contributed by atoms with Crippen molar-refractivity contribution in [2.45, 2.75) is 6.92 Å². The Morgan fingerprint density at radius 2 is 1.82 bits per heavy atom. The van der Waals surface area contributed by atoms with Crippen molar-refractivity contribution < 1.29 is 18.9 Å². The first-order valence-corrected chi connectivity index (χ1v) is 8.25. The van der Waals surface area contributed by atoms with Gasteiger partial charge in [-0.25, -0.2) is 4.39 Å². The maximum atomic E-state index is 13.6. The van der Waals surface area contributed by atoms with Crippen LogP contribution in [0.3, 0.4) is 0 Å². The topological polar surface area (TPSA) is 114 Å². The monoisotopic (exact) mass is 402 g/mol. The van der Waals surface area contributed by atoms with E-state index in [-0.39, 0.29) is 21.5 Å². The van der Waals surface area contributed by atoms with Crippen LogP contribution in [0.4, 0.5) is 10.1 Å². The summed E-state index contributed by atoms with van der Waals surface area (Å²) in [6.45, 7) is 1.67. The van der Waals surface area contributed by atoms with Crippen molar-refractivity contribution in [2.24, 2.45) is 0 Å². The van der Waals surface area contributed by atoms with E-state index in [9.17, 15) is 24.1 Å². The van der Waals surface area contributed by atoms with Crippen LogP contribution in [0.25, 0.3) is 10.9 Å². The van der Waals surface area contributed by atoms with Crippen molar-refractivity contribution in [3.8, 4) is 0 Å². The number of halogens is 2. The molecule has 2 amide bonds. The largest absolute Gasteiger partial charge is 0.288 e. The van der Waals surface area contributed by atoms with Crippen LogP contribution in [0.15, 0.2) is 42.5 Å². The normalized spacial score (nSPS) is 10.5. The van der Waals surface area contributed by atoms with Crippen LogP contribution in [-0.2, 0) is 0 Å². The lowest BCUT2D eigenvalue weighted by Crippen LogP contribution is -2.41. The van der Waals surface area contributed by atoms with E-state index in [4.69, 9.17) is 11.6 Å². The summed E-state index contributed by atoms with van der Waals surface area (Å²) in [6, 6.07) is 8.77. The van der Waals surface area contributed by atoms with E-state index >= 15 is 0 Å². The number of amides is 2. The second-order valence-electron chi connectivity index (χ2n) is 5.80. The molecule has 0 radical (unpaired) electrons. The van der Waals surface area contributed by atoms with Gasteiger partial charge in [-0.15, -0.1) is 0 Å². The molecule has 8 nitrogen and oxygen atoms in total. The predicted molar refractivity (Wildman–Crippen MR) is 99.5 cm³/mol. The smallest absolute Gasteiger partial charge is 0.267 e. The number of aromatic nitrogens is 1. The summed E-state index contributed by atoms with van der Waals surface area (Å²) in [4.78, 5) is 39.1. The molecule has 3 rings (SSSR count). The summed E-state index contributed by atoms with van der Waals surface area (Å²) < 4.78 is 13.6. The highest BCUT2D eigenvalue weighted by molar-refractivity contribution is 6.32. The highest BCUT2D eigenvalue weighted by Crippen LogP contribution is 2.25. The number of hydrazine groups is 1. The molecule has 1 aromatic heterocycles. The summed E-state index contributed by atoms with van der Waals surface area (Å²) in [5.74, 6) is -2.02. The van der Waals surface area contributed by atoms with Crippen LogP contribution in [0.2, 0.25) is 5.02 Å². The highest BCUT2D eigenvalue weighted by atomic mass is 35.5. The molecule has 2 N–H and O–H groups in total. The van der Waals surface area contributed by atoms with E-state index in [1.807, 2.05) is 0 Å². The summed E-state index contributed by atoms with van der Waals surface area (Å²) in [5.41, 5.74) is 4.93. The maximum Gasteiger partial charge on any atom is 0.288 e. The van der Waals surface area contributed by atoms with Gasteiger partial charge in [-0.3, -0.25) is 35.5 Å². The molecule has 10 heteroatoms. The highest BCUT2D eigenvalue weighted by Gasteiger charge is 2.18. The molecule has 0 spiro atoms. The van der Waals surface area contributed by atoms with Crippen molar-refractivity contribution in [3.05, 3.63) is 80.2 Å². The lowest BCUT2D eigenvalue weighted by Gasteiger charge is -2.10. The van der Waals surface area contributed by atoms with Gasteiger partial charge in [0.15, 0.2) is 0 Å². The lowest BCUT2D eigenvalue weighted by atomic mass is 10.1. The number of rotatable bonds is 3. The predicted octanol–water partition coefficient (Wildman–Crippen LogP) is 3.32. The third-order valence-corrected chi connectivity index (χ3v) is 4.16. The minimum Gasteiger partial charge on any atom is -0.267 e. The molecule has 0 saturated carbocycles. The van der Waals surface area contributed by atoms with Crippen LogP contribution in [0, 0.1) is 22.9 Å². The van der Waals surface area contributed by atoms with Gasteiger partial charge in [0.05, 0.1) is 16.0 Å². The van der Waals surface area contributed by atoms with Gasteiger partial charge in [0, 0.05) is 22.7 Å². The first-order chi connectivity index (χ1) is 13.3. The number of aryl methyl sites for hydroxylation is 1. The Morgan fingerprint density at radius 1 is 1.11 bits per heavy atom. The SMILES string of the molecule is Cc1cc(C(=O)NNC(=O)c2ccc(Cl)c([N+](=O)[O-])c2)c2cc(F)ccc2n1. The number of carbonyl (C=O) groups is 2. The molecule has 0 saturated heterocycles. The number of hydrogen-bond donors (Lipinski definition) is 2. The molecule has 1 heterocycles. The van der Waals surface area contributed by atoms with Gasteiger partial charge in [0.2, 0.25) is 0 Å². The van der Waals surface area contributed by atoms with Crippen LogP contribution in [-0.4, -0.2) is 21.7 Å². The fourth-order valence-corrected chi connectivity index (χ4v) is 2.75. The van der Waals surface area contributed by atoms with E-state index in [0.29, 0.717) is 11.2 Å². The van der Waals surface area contributed by atoms with Crippen molar-refractivity contribution in [1.29, 1.82) is 0 Å². The summed E-state index contributed by atoms with van der Waals surface area (Å²) >= 11 is 5.71. The Hall–Kier alpha value is -3.59. The minimum atomic E-state index is -0.783. The van der Waals surface area contributed by atoms with Crippen molar-refractivity contribution in [1.82, 2.24) is 15.8 Å². The van der Waals surface area contributed by atoms with Gasteiger partial charge in [-0.05, 0) is 43.3 Å². The fraction of sp³-hybridized carbons (Fsp3) is 0.0556. The summed E-state index contributed by atoms with van der Waals surface area (Å²) in [7, 11) is 0. The van der Waals surface area contributed by atoms with Gasteiger partial charge < -0.3 is 0 Å². The molecule has 0 aliphatic heterocycles. The number of nitro benzene ring substituents is 1. The minimum absolute atomic E-state index is 0.0711. The molecule has 0 atom stereocenters. The zero-order valence-electron chi connectivity index (χ0n) is 14.3. The Morgan fingerprint density at radius 3 is 2.54 bits per heavy atom. The number of hydrogen-bond acceptors (Lipinski definition) is 5. The van der Waals surface area contributed by atoms with Gasteiger partial charge in [-0.2, -0.15) is 0 Å². The van der Waals surface area contributed by atoms with E-state index < -0.39 is 28.2 Å². The first-order valence-electron chi connectivity index (χ1n) is 7.88. The van der Waals surface area contributed by atoms with E-state index in [1.165, 1.54) is 36.4 Å². The second kappa shape index (κ2) is 7.57. The number of nitrogens with zero attached hydrogens (tertiary/aromatic N) is 2. The van der Waals surface area contributed by atoms with Crippen molar-refractivity contribution in [2.75, 3.05) is 0 Å². The van der Waals surface area contributed by atoms with Gasteiger partial charge >= 0.3 is 0 Å². The van der Waals surface area contributed by atoms with E-state index in [0.717, 1.165) is 6.07 Å². The molecule has 28 heavy (non-hydrogen) atoms. The number of nitrogens with one attached hydrogen (secondary N) is 2. The lowest BCUT2D eigenvalue weighted by molar-refractivity contribution is -0.384. The second-order valence-corrected chi connectivity index (χ2v) is 6.21. The molecule has 0 fully saturated rings. The third-order valence-electron chi connectivity index (χ3n) is 3.84. The van der Waals surface area contributed by atoms with Gasteiger partial charge in [-0.1, -0.05) is 11.6 Å². The third kappa shape index (κ3) is 3.89. The van der Waals surface area contributed by atoms with Crippen molar-refractivity contribution >= 4 is 40.0 Å². The fourth-order valence-electron chi connectivity index (χ4n) is 2.57. The van der Waals surface area contributed by atoms with Crippen molar-refractivity contribution in [3.63, 3.8) is 0 Å². The molecule has 142 valence electrons. The molecule has 3 aromatic rings. The standard InChI is InChI=1S/C18H12ClFN4O4/c1-9-6-13(12-8-11(20)3-5-15(12)21-9)18(26)23-22-17(25)10-2-4-14(19)16(7-10)24(27)28/h2-8H,1H3,(H,22,25)(H,23,26). The zero-order valence-corrected chi connectivity index (χ0v) is 15.1. The quantitative estimate of drug-likeness (QED) is 0.515. The van der Waals surface area contributed by atoms with Crippen LogP contribution in [0.5, 0.6) is 0 Å². The number of carbonyl (C=O) groups excluding carboxylic acids is 2. The first kappa shape index (κ1) is 19.2. The summed E-state index contributed by atoms with van der Waals surface area (Å²) in [5, 5.41) is 11.1. The Bertz CT molecular complexity index is 1140. The molecule has 2 aromatic carbocycles. The van der Waals surface area contributed by atoms with E-state index in [1.54, 1.807) is 6.92 Å². The molecule has 0 bridgehead atoms. The van der Waals surface area contributed by atoms with Crippen LogP contribution >= 0.6 is 11.6 Å². The Kier molecular flexibility index (Phi) is 5.18. The average molecular weight is 403 g/mol. The zero-order chi connectivity index (χ0) is 20.4. The number of fused-ring (bicyclic) bond motifs is 1. The average Bonchev–Trinajstić information content (AvgIpc) is 2.65. The maximum absolute atomic E-state index is 13.6. The van der Waals surface area contributed by atoms with Crippen LogP contribution in [0.1, 0.15) is 26.4 Å². The number of pyridine rings is 1.